The van der Waals surface area contributed by atoms with Gasteiger partial charge in [-0.25, -0.2) is 0 Å². The fraction of sp³-hybridized carbons (Fsp3) is 0.462. The third kappa shape index (κ3) is 8.97. The van der Waals surface area contributed by atoms with Crippen LogP contribution >= 0.6 is 23.2 Å². The van der Waals surface area contributed by atoms with Crippen LogP contribution < -0.4 is 4.74 Å². The van der Waals surface area contributed by atoms with Crippen LogP contribution in [-0.4, -0.2) is 51.3 Å². The number of hydrogen-bond acceptors (Lipinski definition) is 6. The summed E-state index contributed by atoms with van der Waals surface area (Å²) in [5.41, 5.74) is 1.32. The van der Waals surface area contributed by atoms with Crippen molar-refractivity contribution in [3.8, 4) is 11.8 Å². The van der Waals surface area contributed by atoms with Gasteiger partial charge >= 0.3 is 0 Å². The number of amides is 1. The van der Waals surface area contributed by atoms with Crippen molar-refractivity contribution in [1.29, 1.82) is 5.26 Å². The molecule has 0 saturated carbocycles. The number of halogens is 2. The summed E-state index contributed by atoms with van der Waals surface area (Å²) in [6.07, 6.45) is 2.43. The molecule has 10 heteroatoms. The topological polar surface area (TPSA) is 96.7 Å². The number of nitrogens with zero attached hydrogens (tertiary/aromatic N) is 2. The Morgan fingerprint density at radius 1 is 1.19 bits per heavy atom. The smallest absolute Gasteiger partial charge is 0.264 e. The first-order valence-electron chi connectivity index (χ1n) is 11.5. The number of ether oxygens (including phenoxy) is 1. The second kappa shape index (κ2) is 13.3. The van der Waals surface area contributed by atoms with E-state index >= 15 is 0 Å². The van der Waals surface area contributed by atoms with Gasteiger partial charge in [-0.15, -0.1) is 0 Å². The molecule has 1 aliphatic heterocycles. The van der Waals surface area contributed by atoms with Crippen molar-refractivity contribution in [3.05, 3.63) is 63.6 Å². The molecule has 196 valence electrons. The van der Waals surface area contributed by atoms with E-state index in [1.54, 1.807) is 18.2 Å². The Hall–Kier alpha value is -2.31. The maximum atomic E-state index is 13.1. The largest absolute Gasteiger partial charge is 0.491 e. The molecule has 2 aromatic rings. The predicted octanol–water partition coefficient (Wildman–Crippen LogP) is 5.39. The monoisotopic (exact) mass is 554 g/mol. The SMILES string of the molecule is CC#N.CC(C)Oc1cccc(CC(=O)N2CC[C@@](CCOS(C)(=O)=O)(c3ccc(Cl)c(Cl)c3)C2)c1. The summed E-state index contributed by atoms with van der Waals surface area (Å²) in [5.74, 6) is 0.738. The highest BCUT2D eigenvalue weighted by atomic mass is 35.5. The lowest BCUT2D eigenvalue weighted by Crippen LogP contribution is -2.36. The van der Waals surface area contributed by atoms with Crippen molar-refractivity contribution in [2.24, 2.45) is 0 Å². The maximum absolute atomic E-state index is 13.1. The molecule has 1 fully saturated rings. The van der Waals surface area contributed by atoms with Crippen LogP contribution in [0.15, 0.2) is 42.5 Å². The van der Waals surface area contributed by atoms with E-state index in [4.69, 9.17) is 37.4 Å². The number of benzene rings is 2. The van der Waals surface area contributed by atoms with Gasteiger partial charge in [-0.1, -0.05) is 41.4 Å². The molecule has 36 heavy (non-hydrogen) atoms. The van der Waals surface area contributed by atoms with Crippen molar-refractivity contribution in [2.45, 2.75) is 51.6 Å². The second-order valence-corrected chi connectivity index (χ2v) is 11.4. The summed E-state index contributed by atoms with van der Waals surface area (Å²) in [6.45, 7) is 6.37. The molecular weight excluding hydrogens is 523 g/mol. The van der Waals surface area contributed by atoms with Gasteiger partial charge in [0.05, 0.1) is 41.5 Å². The predicted molar refractivity (Wildman–Crippen MR) is 142 cm³/mol. The lowest BCUT2D eigenvalue weighted by Gasteiger charge is -2.30. The fourth-order valence-corrected chi connectivity index (χ4v) is 4.86. The molecule has 0 N–H and O–H groups in total. The van der Waals surface area contributed by atoms with Gasteiger partial charge in [-0.05, 0) is 62.1 Å². The summed E-state index contributed by atoms with van der Waals surface area (Å²) >= 11 is 12.4. The maximum Gasteiger partial charge on any atom is 0.264 e. The van der Waals surface area contributed by atoms with Crippen molar-refractivity contribution in [3.63, 3.8) is 0 Å². The van der Waals surface area contributed by atoms with Crippen molar-refractivity contribution in [1.82, 2.24) is 4.90 Å². The molecular formula is C26H32Cl2N2O5S. The molecule has 1 aliphatic rings. The first-order chi connectivity index (χ1) is 16.9. The zero-order valence-electron chi connectivity index (χ0n) is 21.0. The van der Waals surface area contributed by atoms with E-state index in [1.165, 1.54) is 6.92 Å². The van der Waals surface area contributed by atoms with Crippen LogP contribution in [0, 0.1) is 11.3 Å². The van der Waals surface area contributed by atoms with Gasteiger partial charge in [0.25, 0.3) is 10.1 Å². The molecule has 0 radical (unpaired) electrons. The number of nitriles is 1. The number of carbonyl (C=O) groups is 1. The van der Waals surface area contributed by atoms with Crippen LogP contribution in [0.3, 0.4) is 0 Å². The molecule has 1 heterocycles. The second-order valence-electron chi connectivity index (χ2n) is 8.97. The summed E-state index contributed by atoms with van der Waals surface area (Å²) < 4.78 is 33.7. The number of rotatable bonds is 9. The number of likely N-dealkylation sites (tertiary alicyclic amines) is 1. The Bertz CT molecular complexity index is 1200. The highest BCUT2D eigenvalue weighted by Gasteiger charge is 2.41. The van der Waals surface area contributed by atoms with E-state index in [2.05, 4.69) is 0 Å². The van der Waals surface area contributed by atoms with Crippen LogP contribution in [-0.2, 0) is 30.9 Å². The van der Waals surface area contributed by atoms with E-state index in [0.29, 0.717) is 36.0 Å². The molecule has 7 nitrogen and oxygen atoms in total. The molecule has 1 saturated heterocycles. The minimum absolute atomic E-state index is 0.00247. The summed E-state index contributed by atoms with van der Waals surface area (Å²) in [7, 11) is -3.56. The molecule has 3 rings (SSSR count). The lowest BCUT2D eigenvalue weighted by molar-refractivity contribution is -0.129. The highest BCUT2D eigenvalue weighted by molar-refractivity contribution is 7.85. The minimum Gasteiger partial charge on any atom is -0.491 e. The summed E-state index contributed by atoms with van der Waals surface area (Å²) in [4.78, 5) is 15.0. The Morgan fingerprint density at radius 2 is 1.89 bits per heavy atom. The van der Waals surface area contributed by atoms with Gasteiger partial charge in [0.15, 0.2) is 0 Å². The molecule has 0 aromatic heterocycles. The van der Waals surface area contributed by atoms with Gasteiger partial charge in [-0.3, -0.25) is 8.98 Å². The quantitative estimate of drug-likeness (QED) is 0.385. The summed E-state index contributed by atoms with van der Waals surface area (Å²) in [5, 5.41) is 8.18. The third-order valence-electron chi connectivity index (χ3n) is 5.74. The van der Waals surface area contributed by atoms with E-state index in [-0.39, 0.29) is 25.0 Å². The van der Waals surface area contributed by atoms with Crippen LogP contribution in [0.25, 0.3) is 0 Å². The van der Waals surface area contributed by atoms with Gasteiger partial charge in [0.2, 0.25) is 5.91 Å². The van der Waals surface area contributed by atoms with Crippen LogP contribution in [0.1, 0.15) is 44.7 Å². The Morgan fingerprint density at radius 3 is 2.50 bits per heavy atom. The van der Waals surface area contributed by atoms with Gasteiger partial charge in [0.1, 0.15) is 5.75 Å². The first-order valence-corrected chi connectivity index (χ1v) is 14.1. The third-order valence-corrected chi connectivity index (χ3v) is 7.08. The van der Waals surface area contributed by atoms with E-state index in [9.17, 15) is 13.2 Å². The zero-order chi connectivity index (χ0) is 26.9. The first kappa shape index (κ1) is 29.9. The van der Waals surface area contributed by atoms with Gasteiger partial charge < -0.3 is 9.64 Å². The molecule has 0 bridgehead atoms. The van der Waals surface area contributed by atoms with E-state index in [1.807, 2.05) is 49.1 Å². The van der Waals surface area contributed by atoms with Crippen LogP contribution in [0.5, 0.6) is 5.75 Å². The molecule has 2 aromatic carbocycles. The molecule has 0 unspecified atom stereocenters. The van der Waals surface area contributed by atoms with E-state index in [0.717, 1.165) is 23.1 Å². The van der Waals surface area contributed by atoms with Crippen molar-refractivity contribution in [2.75, 3.05) is 26.0 Å². The Balaban J connectivity index is 0.00000145. The number of hydrogen-bond donors (Lipinski definition) is 0. The molecule has 1 atom stereocenters. The Labute approximate surface area is 224 Å². The molecule has 0 aliphatic carbocycles. The molecule has 0 spiro atoms. The van der Waals surface area contributed by atoms with E-state index < -0.39 is 15.5 Å². The van der Waals surface area contributed by atoms with Crippen molar-refractivity contribution >= 4 is 39.2 Å². The minimum atomic E-state index is -3.56. The van der Waals surface area contributed by atoms with Crippen LogP contribution in [0.2, 0.25) is 10.0 Å². The van der Waals surface area contributed by atoms with Gasteiger partial charge in [0, 0.05) is 25.4 Å². The highest BCUT2D eigenvalue weighted by Crippen LogP contribution is 2.40. The fourth-order valence-electron chi connectivity index (χ4n) is 4.17. The zero-order valence-corrected chi connectivity index (χ0v) is 23.3. The standard InChI is InChI=1S/C24H29Cl2NO5S.C2H3N/c1-17(2)32-20-6-4-5-18(13-20)14-23(28)27-11-9-24(16-27,10-12-31-33(3,29)30)19-7-8-21(25)22(26)15-19;1-2-3/h4-8,13,15,17H,9-12,14,16H2,1-3H3;1H3/t24-;/m0./s1. The average molecular weight is 556 g/mol. The van der Waals surface area contributed by atoms with Crippen molar-refractivity contribution < 1.29 is 22.1 Å². The van der Waals surface area contributed by atoms with Gasteiger partial charge in [-0.2, -0.15) is 13.7 Å². The van der Waals surface area contributed by atoms with Crippen LogP contribution in [0.4, 0.5) is 0 Å². The Kier molecular flexibility index (Phi) is 11.0. The average Bonchev–Trinajstić information content (AvgIpc) is 3.21. The molecule has 1 amide bonds. The summed E-state index contributed by atoms with van der Waals surface area (Å²) in [6, 6.07) is 14.7. The number of carbonyl (C=O) groups excluding carboxylic acids is 1. The normalized spacial score (nSPS) is 17.3. The lowest BCUT2D eigenvalue weighted by atomic mass is 9.77.